The van der Waals surface area contributed by atoms with Gasteiger partial charge >= 0.3 is 0 Å². The van der Waals surface area contributed by atoms with Crippen LogP contribution in [0, 0.1) is 0 Å². The van der Waals surface area contributed by atoms with Gasteiger partial charge < -0.3 is 34.3 Å². The van der Waals surface area contributed by atoms with Crippen LogP contribution in [0.3, 0.4) is 0 Å². The number of ether oxygens (including phenoxy) is 4. The molecule has 8 nitrogen and oxygen atoms in total. The highest BCUT2D eigenvalue weighted by Gasteiger charge is 2.34. The summed E-state index contributed by atoms with van der Waals surface area (Å²) in [6.45, 7) is 2.70. The number of nitrogens with zero attached hydrogens (tertiary/aromatic N) is 1. The van der Waals surface area contributed by atoms with Crippen LogP contribution in [0.5, 0.6) is 28.7 Å². The van der Waals surface area contributed by atoms with Crippen molar-refractivity contribution in [2.24, 2.45) is 0 Å². The maximum atomic E-state index is 13.1. The van der Waals surface area contributed by atoms with E-state index in [9.17, 15) is 9.90 Å². The van der Waals surface area contributed by atoms with E-state index in [0.29, 0.717) is 36.8 Å². The molecule has 0 unspecified atom stereocenters. The highest BCUT2D eigenvalue weighted by molar-refractivity contribution is 8.00. The first kappa shape index (κ1) is 24.1. The molecule has 188 valence electrons. The molecule has 0 saturated carbocycles. The predicted molar refractivity (Wildman–Crippen MR) is 138 cm³/mol. The summed E-state index contributed by atoms with van der Waals surface area (Å²) in [6.07, 6.45) is 0.777. The van der Waals surface area contributed by atoms with Gasteiger partial charge in [0.25, 0.3) is 0 Å². The Morgan fingerprint density at radius 2 is 1.89 bits per heavy atom. The van der Waals surface area contributed by atoms with E-state index < -0.39 is 5.25 Å². The summed E-state index contributed by atoms with van der Waals surface area (Å²) in [5.41, 5.74) is 1.57. The summed E-state index contributed by atoms with van der Waals surface area (Å²) in [6, 6.07) is 18.3. The van der Waals surface area contributed by atoms with E-state index >= 15 is 0 Å². The summed E-state index contributed by atoms with van der Waals surface area (Å²) >= 11 is 1.48. The first-order valence-electron chi connectivity index (χ1n) is 11.8. The molecule has 5 rings (SSSR count). The number of carbonyl (C=O) groups is 1. The van der Waals surface area contributed by atoms with Crippen molar-refractivity contribution in [3.63, 3.8) is 0 Å². The SMILES string of the molecule is CN1C(=O)[C@H](c2cc(O)ccc2OCCCNCCOc2ccc3c(c2)OCO3)Sc2ccccc21. The quantitative estimate of drug-likeness (QED) is 0.391. The lowest BCUT2D eigenvalue weighted by Crippen LogP contribution is -2.33. The summed E-state index contributed by atoms with van der Waals surface area (Å²) in [5.74, 6) is 2.86. The monoisotopic (exact) mass is 508 g/mol. The molecule has 36 heavy (non-hydrogen) atoms. The summed E-state index contributed by atoms with van der Waals surface area (Å²) < 4.78 is 22.5. The van der Waals surface area contributed by atoms with E-state index in [4.69, 9.17) is 18.9 Å². The molecule has 3 aromatic carbocycles. The van der Waals surface area contributed by atoms with Gasteiger partial charge in [0.1, 0.15) is 29.1 Å². The number of phenolic OH excluding ortho intramolecular Hbond substituents is 1. The number of nitrogens with one attached hydrogen (secondary N) is 1. The van der Waals surface area contributed by atoms with Crippen LogP contribution < -0.4 is 29.2 Å². The molecule has 0 radical (unpaired) electrons. The number of carbonyl (C=O) groups excluding carboxylic acids is 1. The number of rotatable bonds is 10. The van der Waals surface area contributed by atoms with Crippen LogP contribution >= 0.6 is 11.8 Å². The number of benzene rings is 3. The largest absolute Gasteiger partial charge is 0.508 e. The Morgan fingerprint density at radius 3 is 2.81 bits per heavy atom. The smallest absolute Gasteiger partial charge is 0.244 e. The van der Waals surface area contributed by atoms with Crippen LogP contribution in [0.2, 0.25) is 0 Å². The van der Waals surface area contributed by atoms with Gasteiger partial charge in [-0.25, -0.2) is 0 Å². The van der Waals surface area contributed by atoms with Gasteiger partial charge in [0.15, 0.2) is 11.5 Å². The fourth-order valence-electron chi connectivity index (χ4n) is 4.09. The van der Waals surface area contributed by atoms with Gasteiger partial charge in [-0.2, -0.15) is 0 Å². The van der Waals surface area contributed by atoms with Crippen molar-refractivity contribution in [1.29, 1.82) is 0 Å². The van der Waals surface area contributed by atoms with E-state index in [1.807, 2.05) is 42.5 Å². The van der Waals surface area contributed by atoms with E-state index in [1.165, 1.54) is 11.8 Å². The number of fused-ring (bicyclic) bond motifs is 2. The zero-order valence-electron chi connectivity index (χ0n) is 19.9. The van der Waals surface area contributed by atoms with Crippen molar-refractivity contribution >= 4 is 23.4 Å². The number of hydrogen-bond acceptors (Lipinski definition) is 8. The number of hydrogen-bond donors (Lipinski definition) is 2. The first-order valence-corrected chi connectivity index (χ1v) is 12.7. The third kappa shape index (κ3) is 5.32. The molecule has 3 aromatic rings. The third-order valence-electron chi connectivity index (χ3n) is 5.95. The molecular formula is C27H28N2O6S. The number of anilines is 1. The molecule has 2 N–H and O–H groups in total. The fourth-order valence-corrected chi connectivity index (χ4v) is 5.39. The number of thioether (sulfide) groups is 1. The number of amides is 1. The highest BCUT2D eigenvalue weighted by Crippen LogP contribution is 2.48. The van der Waals surface area contributed by atoms with Gasteiger partial charge in [-0.15, -0.1) is 11.8 Å². The summed E-state index contributed by atoms with van der Waals surface area (Å²) in [7, 11) is 1.78. The molecular weight excluding hydrogens is 480 g/mol. The Labute approximate surface area is 214 Å². The number of phenols is 1. The lowest BCUT2D eigenvalue weighted by Gasteiger charge is -2.31. The van der Waals surface area contributed by atoms with Crippen molar-refractivity contribution in [2.75, 3.05) is 45.0 Å². The minimum atomic E-state index is -0.488. The normalized spacial score (nSPS) is 16.1. The van der Waals surface area contributed by atoms with Crippen LogP contribution in [-0.2, 0) is 4.79 Å². The maximum Gasteiger partial charge on any atom is 0.244 e. The van der Waals surface area contributed by atoms with E-state index in [1.54, 1.807) is 30.1 Å². The van der Waals surface area contributed by atoms with Crippen LogP contribution in [0.1, 0.15) is 17.2 Å². The van der Waals surface area contributed by atoms with Gasteiger partial charge in [-0.3, -0.25) is 4.79 Å². The molecule has 2 aliphatic rings. The number of para-hydroxylation sites is 1. The number of aromatic hydroxyl groups is 1. The Bertz CT molecular complexity index is 1240. The minimum Gasteiger partial charge on any atom is -0.508 e. The Balaban J connectivity index is 1.09. The Kier molecular flexibility index (Phi) is 7.39. The molecule has 0 aliphatic carbocycles. The summed E-state index contributed by atoms with van der Waals surface area (Å²) in [5, 5.41) is 13.0. The van der Waals surface area contributed by atoms with Crippen molar-refractivity contribution in [3.05, 3.63) is 66.2 Å². The minimum absolute atomic E-state index is 0.0433. The molecule has 0 bridgehead atoms. The molecule has 9 heteroatoms. The van der Waals surface area contributed by atoms with Crippen LogP contribution in [-0.4, -0.2) is 51.2 Å². The first-order chi connectivity index (χ1) is 17.6. The second-order valence-corrected chi connectivity index (χ2v) is 9.55. The third-order valence-corrected chi connectivity index (χ3v) is 7.24. The van der Waals surface area contributed by atoms with E-state index in [-0.39, 0.29) is 18.4 Å². The van der Waals surface area contributed by atoms with Crippen molar-refractivity contribution in [2.45, 2.75) is 16.6 Å². The fraction of sp³-hybridized carbons (Fsp3) is 0.296. The topological polar surface area (TPSA) is 89.5 Å². The molecule has 0 aromatic heterocycles. The highest BCUT2D eigenvalue weighted by atomic mass is 32.2. The average molecular weight is 509 g/mol. The molecule has 1 atom stereocenters. The average Bonchev–Trinajstić information content (AvgIpc) is 3.36. The van der Waals surface area contributed by atoms with Crippen molar-refractivity contribution < 1.29 is 28.8 Å². The molecule has 2 heterocycles. The van der Waals surface area contributed by atoms with Gasteiger partial charge in [0, 0.05) is 30.1 Å². The Hall–Kier alpha value is -3.56. The lowest BCUT2D eigenvalue weighted by molar-refractivity contribution is -0.118. The van der Waals surface area contributed by atoms with Gasteiger partial charge in [0.2, 0.25) is 12.7 Å². The second-order valence-electron chi connectivity index (χ2n) is 8.40. The van der Waals surface area contributed by atoms with Crippen LogP contribution in [0.4, 0.5) is 5.69 Å². The predicted octanol–water partition coefficient (Wildman–Crippen LogP) is 4.37. The molecule has 2 aliphatic heterocycles. The zero-order chi connectivity index (χ0) is 24.9. The van der Waals surface area contributed by atoms with Crippen LogP contribution in [0.15, 0.2) is 65.6 Å². The molecule has 0 fully saturated rings. The van der Waals surface area contributed by atoms with Gasteiger partial charge in [0.05, 0.1) is 12.3 Å². The van der Waals surface area contributed by atoms with Crippen LogP contribution in [0.25, 0.3) is 0 Å². The molecule has 0 spiro atoms. The van der Waals surface area contributed by atoms with E-state index in [0.717, 1.165) is 35.0 Å². The molecule has 0 saturated heterocycles. The standard InChI is InChI=1S/C27H28N2O6S/c1-29-21-5-2-3-6-25(21)36-26(27(29)31)20-15-18(30)7-9-22(20)33-13-4-11-28-12-14-32-19-8-10-23-24(16-19)35-17-34-23/h2-3,5-10,15-16,26,28,30H,4,11-14,17H2,1H3/t26-/m0/s1. The molecule has 1 amide bonds. The van der Waals surface area contributed by atoms with Gasteiger partial charge in [-0.1, -0.05) is 12.1 Å². The lowest BCUT2D eigenvalue weighted by atomic mass is 10.1. The van der Waals surface area contributed by atoms with Gasteiger partial charge in [-0.05, 0) is 55.4 Å². The maximum absolute atomic E-state index is 13.1. The second kappa shape index (κ2) is 11.0. The number of likely N-dealkylation sites (N-methyl/N-ethyl adjacent to an activating group) is 1. The zero-order valence-corrected chi connectivity index (χ0v) is 20.8. The van der Waals surface area contributed by atoms with Crippen molar-refractivity contribution in [1.82, 2.24) is 5.32 Å². The van der Waals surface area contributed by atoms with Crippen molar-refractivity contribution in [3.8, 4) is 28.7 Å². The Morgan fingerprint density at radius 1 is 1.03 bits per heavy atom. The summed E-state index contributed by atoms with van der Waals surface area (Å²) in [4.78, 5) is 15.8. The van der Waals surface area contributed by atoms with E-state index in [2.05, 4.69) is 5.32 Å².